The van der Waals surface area contributed by atoms with Crippen molar-refractivity contribution in [1.29, 1.82) is 0 Å². The number of carbonyl (C=O) groups is 1. The molecule has 2 fully saturated rings. The molecule has 2 aliphatic rings. The third-order valence-corrected chi connectivity index (χ3v) is 6.85. The number of methoxy groups -OCH3 is 1. The molecule has 0 bridgehead atoms. The molecule has 2 heterocycles. The smallest absolute Gasteiger partial charge is 0.416 e. The molecule has 2 aromatic carbocycles. The highest BCUT2D eigenvalue weighted by Gasteiger charge is 2.54. The summed E-state index contributed by atoms with van der Waals surface area (Å²) in [7, 11) is -1.99. The molecule has 6 nitrogen and oxygen atoms in total. The van der Waals surface area contributed by atoms with E-state index in [4.69, 9.17) is 4.74 Å². The number of hydrogen-bond acceptors (Lipinski definition) is 4. The predicted molar refractivity (Wildman–Crippen MR) is 101 cm³/mol. The van der Waals surface area contributed by atoms with Crippen molar-refractivity contribution in [2.45, 2.75) is 18.3 Å². The minimum atomic E-state index is -4.58. The van der Waals surface area contributed by atoms with Gasteiger partial charge in [-0.1, -0.05) is 12.1 Å². The summed E-state index contributed by atoms with van der Waals surface area (Å²) in [6.45, 7) is 0. The van der Waals surface area contributed by atoms with Crippen LogP contribution in [-0.4, -0.2) is 45.1 Å². The SMILES string of the molecule is COc1cccc(N2C(=O)N(c3cccc(C(F)(F)F)c3)C3CS(=O)(=O)CC32)c1. The lowest BCUT2D eigenvalue weighted by atomic mass is 10.1. The van der Waals surface area contributed by atoms with Crippen LogP contribution < -0.4 is 14.5 Å². The van der Waals surface area contributed by atoms with E-state index in [0.29, 0.717) is 11.4 Å². The Morgan fingerprint density at radius 3 is 2.07 bits per heavy atom. The van der Waals surface area contributed by atoms with E-state index in [1.54, 1.807) is 24.3 Å². The van der Waals surface area contributed by atoms with Crippen molar-refractivity contribution in [3.05, 3.63) is 54.1 Å². The lowest BCUT2D eigenvalue weighted by molar-refractivity contribution is -0.137. The van der Waals surface area contributed by atoms with Gasteiger partial charge in [0.25, 0.3) is 0 Å². The maximum atomic E-state index is 13.2. The average molecular weight is 426 g/mol. The van der Waals surface area contributed by atoms with Gasteiger partial charge in [0.15, 0.2) is 9.84 Å². The van der Waals surface area contributed by atoms with Crippen LogP contribution in [-0.2, 0) is 16.0 Å². The van der Waals surface area contributed by atoms with Crippen molar-refractivity contribution in [2.24, 2.45) is 0 Å². The number of sulfone groups is 1. The number of hydrogen-bond donors (Lipinski definition) is 0. The lowest BCUT2D eigenvalue weighted by Gasteiger charge is -2.23. The number of rotatable bonds is 3. The molecule has 0 saturated carbocycles. The quantitative estimate of drug-likeness (QED) is 0.707. The zero-order valence-corrected chi connectivity index (χ0v) is 16.1. The van der Waals surface area contributed by atoms with Gasteiger partial charge in [-0.15, -0.1) is 0 Å². The van der Waals surface area contributed by atoms with E-state index in [0.717, 1.165) is 17.0 Å². The first kappa shape index (κ1) is 19.6. The second kappa shape index (κ2) is 6.65. The summed E-state index contributed by atoms with van der Waals surface area (Å²) >= 11 is 0. The summed E-state index contributed by atoms with van der Waals surface area (Å²) in [6.07, 6.45) is -4.58. The average Bonchev–Trinajstić information content (AvgIpc) is 3.09. The van der Waals surface area contributed by atoms with Gasteiger partial charge in [-0.3, -0.25) is 9.80 Å². The van der Waals surface area contributed by atoms with E-state index in [-0.39, 0.29) is 17.2 Å². The minimum absolute atomic E-state index is 0.0160. The van der Waals surface area contributed by atoms with Crippen LogP contribution in [0.4, 0.5) is 29.3 Å². The second-order valence-corrected chi connectivity index (χ2v) is 9.14. The fourth-order valence-electron chi connectivity index (χ4n) is 3.90. The van der Waals surface area contributed by atoms with Crippen LogP contribution in [0.5, 0.6) is 5.75 Å². The third-order valence-electron chi connectivity index (χ3n) is 5.15. The Morgan fingerprint density at radius 2 is 1.52 bits per heavy atom. The lowest BCUT2D eigenvalue weighted by Crippen LogP contribution is -2.38. The van der Waals surface area contributed by atoms with Crippen LogP contribution in [0.15, 0.2) is 48.5 Å². The van der Waals surface area contributed by atoms with Crippen LogP contribution in [0.1, 0.15) is 5.56 Å². The monoisotopic (exact) mass is 426 g/mol. The summed E-state index contributed by atoms with van der Waals surface area (Å²) in [5, 5.41) is 0. The van der Waals surface area contributed by atoms with Crippen LogP contribution in [0.2, 0.25) is 0 Å². The fourth-order valence-corrected chi connectivity index (χ4v) is 5.82. The van der Waals surface area contributed by atoms with Gasteiger partial charge in [0.2, 0.25) is 0 Å². The molecule has 2 aromatic rings. The van der Waals surface area contributed by atoms with Gasteiger partial charge in [0.1, 0.15) is 5.75 Å². The summed E-state index contributed by atoms with van der Waals surface area (Å²) in [6, 6.07) is 8.89. The number of nitrogens with zero attached hydrogens (tertiary/aromatic N) is 2. The number of urea groups is 1. The van der Waals surface area contributed by atoms with E-state index >= 15 is 0 Å². The van der Waals surface area contributed by atoms with E-state index in [1.165, 1.54) is 24.1 Å². The molecule has 2 unspecified atom stereocenters. The van der Waals surface area contributed by atoms with Crippen molar-refractivity contribution >= 4 is 27.2 Å². The van der Waals surface area contributed by atoms with Crippen molar-refractivity contribution in [2.75, 3.05) is 28.4 Å². The molecular weight excluding hydrogens is 409 g/mol. The number of benzene rings is 2. The number of carbonyl (C=O) groups excluding carboxylic acids is 1. The molecule has 2 amide bonds. The van der Waals surface area contributed by atoms with Crippen LogP contribution >= 0.6 is 0 Å². The maximum Gasteiger partial charge on any atom is 0.416 e. The maximum absolute atomic E-state index is 13.2. The predicted octanol–water partition coefficient (Wildman–Crippen LogP) is 3.33. The third kappa shape index (κ3) is 3.41. The summed E-state index contributed by atoms with van der Waals surface area (Å²) in [5.41, 5.74) is -0.460. The number of halogens is 3. The van der Waals surface area contributed by atoms with Crippen molar-refractivity contribution < 1.29 is 31.1 Å². The van der Waals surface area contributed by atoms with Crippen LogP contribution in [0.25, 0.3) is 0 Å². The minimum Gasteiger partial charge on any atom is -0.497 e. The Balaban J connectivity index is 1.80. The molecule has 0 radical (unpaired) electrons. The van der Waals surface area contributed by atoms with E-state index < -0.39 is 39.7 Å². The summed E-state index contributed by atoms with van der Waals surface area (Å²) in [5.74, 6) is -0.0823. The van der Waals surface area contributed by atoms with Gasteiger partial charge >= 0.3 is 12.2 Å². The molecule has 2 atom stereocenters. The molecule has 0 aliphatic carbocycles. The van der Waals surface area contributed by atoms with Gasteiger partial charge in [0.05, 0.1) is 36.3 Å². The molecule has 2 aliphatic heterocycles. The molecule has 0 spiro atoms. The van der Waals surface area contributed by atoms with Crippen LogP contribution in [0.3, 0.4) is 0 Å². The molecule has 2 saturated heterocycles. The standard InChI is InChI=1S/C19H17F3N2O4S/c1-28-15-7-3-6-14(9-15)24-17-11-29(26,27)10-16(17)23(18(24)25)13-5-2-4-12(8-13)19(20,21)22/h2-9,16-17H,10-11H2,1H3. The van der Waals surface area contributed by atoms with Gasteiger partial charge < -0.3 is 4.74 Å². The van der Waals surface area contributed by atoms with Gasteiger partial charge in [-0.05, 0) is 30.3 Å². The topological polar surface area (TPSA) is 66.9 Å². The van der Waals surface area contributed by atoms with Crippen LogP contribution in [0, 0.1) is 0 Å². The van der Waals surface area contributed by atoms with Crippen molar-refractivity contribution in [3.8, 4) is 5.75 Å². The first-order chi connectivity index (χ1) is 13.6. The summed E-state index contributed by atoms with van der Waals surface area (Å²) < 4.78 is 69.2. The Morgan fingerprint density at radius 1 is 0.966 bits per heavy atom. The van der Waals surface area contributed by atoms with E-state index in [9.17, 15) is 26.4 Å². The highest BCUT2D eigenvalue weighted by atomic mass is 32.2. The first-order valence-electron chi connectivity index (χ1n) is 8.75. The molecule has 0 N–H and O–H groups in total. The van der Waals surface area contributed by atoms with Gasteiger partial charge in [-0.2, -0.15) is 13.2 Å². The normalized spacial score (nSPS) is 23.4. The Kier molecular flexibility index (Phi) is 4.49. The number of fused-ring (bicyclic) bond motifs is 1. The van der Waals surface area contributed by atoms with Gasteiger partial charge in [-0.25, -0.2) is 13.2 Å². The molecular formula is C19H17F3N2O4S. The number of anilines is 2. The molecule has 0 aromatic heterocycles. The van der Waals surface area contributed by atoms with E-state index in [1.807, 2.05) is 0 Å². The molecule has 4 rings (SSSR count). The molecule has 10 heteroatoms. The molecule has 154 valence electrons. The largest absolute Gasteiger partial charge is 0.497 e. The highest BCUT2D eigenvalue weighted by molar-refractivity contribution is 7.91. The van der Waals surface area contributed by atoms with Crippen molar-refractivity contribution in [1.82, 2.24) is 0 Å². The zero-order chi connectivity index (χ0) is 21.0. The number of alkyl halides is 3. The van der Waals surface area contributed by atoms with E-state index in [2.05, 4.69) is 0 Å². The number of ether oxygens (including phenoxy) is 1. The Hall–Kier alpha value is -2.75. The first-order valence-corrected chi connectivity index (χ1v) is 10.6. The fraction of sp³-hybridized carbons (Fsp3) is 0.316. The Bertz CT molecular complexity index is 1070. The number of amides is 2. The Labute approximate surface area is 165 Å². The van der Waals surface area contributed by atoms with Crippen molar-refractivity contribution in [3.63, 3.8) is 0 Å². The molecule has 29 heavy (non-hydrogen) atoms. The highest BCUT2D eigenvalue weighted by Crippen LogP contribution is 2.40. The van der Waals surface area contributed by atoms with Gasteiger partial charge in [0, 0.05) is 17.4 Å². The second-order valence-electron chi connectivity index (χ2n) is 6.98. The summed E-state index contributed by atoms with van der Waals surface area (Å²) in [4.78, 5) is 15.7. The zero-order valence-electron chi connectivity index (χ0n) is 15.3.